The predicted molar refractivity (Wildman–Crippen MR) is 120 cm³/mol. The summed E-state index contributed by atoms with van der Waals surface area (Å²) in [6, 6.07) is 9.75. The summed E-state index contributed by atoms with van der Waals surface area (Å²) in [4.78, 5) is 30.5. The van der Waals surface area contributed by atoms with E-state index in [9.17, 15) is 14.9 Å². The second-order valence-electron chi connectivity index (χ2n) is 6.76. The molecule has 3 aromatic rings. The molecular formula is C21H17ClN4O4S. The van der Waals surface area contributed by atoms with E-state index in [1.807, 2.05) is 11.0 Å². The van der Waals surface area contributed by atoms with Crippen LogP contribution in [0.4, 0.5) is 11.4 Å². The van der Waals surface area contributed by atoms with Gasteiger partial charge < -0.3 is 14.2 Å². The molecule has 0 atom stereocenters. The molecule has 31 heavy (non-hydrogen) atoms. The SMILES string of the molecule is C#CCn1c(=NC(=O)c2ccc(N3CCOCC3)c([N+](=O)[O-])c2)sc2cc(Cl)ccc21. The molecule has 10 heteroatoms. The largest absolute Gasteiger partial charge is 0.378 e. The first kappa shape index (κ1) is 21.1. The van der Waals surface area contributed by atoms with Crippen LogP contribution >= 0.6 is 22.9 Å². The number of carbonyl (C=O) groups excluding carboxylic acids is 1. The van der Waals surface area contributed by atoms with Crippen molar-refractivity contribution in [3.8, 4) is 12.3 Å². The van der Waals surface area contributed by atoms with Crippen LogP contribution in [0, 0.1) is 22.5 Å². The topological polar surface area (TPSA) is 90.0 Å². The van der Waals surface area contributed by atoms with Crippen LogP contribution in [0.3, 0.4) is 0 Å². The number of halogens is 1. The number of thiazole rings is 1. The number of carbonyl (C=O) groups is 1. The van der Waals surface area contributed by atoms with E-state index in [1.165, 1.54) is 17.4 Å². The third-order valence-electron chi connectivity index (χ3n) is 4.86. The number of hydrogen-bond acceptors (Lipinski definition) is 6. The summed E-state index contributed by atoms with van der Waals surface area (Å²) >= 11 is 7.35. The number of benzene rings is 2. The first-order valence-electron chi connectivity index (χ1n) is 9.40. The van der Waals surface area contributed by atoms with Crippen LogP contribution in [0.1, 0.15) is 10.4 Å². The zero-order valence-electron chi connectivity index (χ0n) is 16.3. The molecule has 2 aromatic carbocycles. The molecule has 0 spiro atoms. The fourth-order valence-electron chi connectivity index (χ4n) is 3.40. The number of rotatable bonds is 4. The highest BCUT2D eigenvalue weighted by atomic mass is 35.5. The van der Waals surface area contributed by atoms with Crippen molar-refractivity contribution in [2.24, 2.45) is 4.99 Å². The predicted octanol–water partition coefficient (Wildman–Crippen LogP) is 3.48. The van der Waals surface area contributed by atoms with Crippen molar-refractivity contribution in [3.05, 3.63) is 61.9 Å². The van der Waals surface area contributed by atoms with E-state index < -0.39 is 10.8 Å². The lowest BCUT2D eigenvalue weighted by Gasteiger charge is -2.28. The molecule has 1 fully saturated rings. The number of nitro groups is 1. The average Bonchev–Trinajstić information content (AvgIpc) is 3.10. The lowest BCUT2D eigenvalue weighted by molar-refractivity contribution is -0.384. The summed E-state index contributed by atoms with van der Waals surface area (Å²) in [5.74, 6) is 1.98. The first-order valence-corrected chi connectivity index (χ1v) is 10.6. The van der Waals surface area contributed by atoms with Gasteiger partial charge in [0.1, 0.15) is 5.69 Å². The van der Waals surface area contributed by atoms with Crippen LogP contribution in [-0.4, -0.2) is 41.7 Å². The molecule has 4 rings (SSSR count). The molecular weight excluding hydrogens is 440 g/mol. The van der Waals surface area contributed by atoms with Gasteiger partial charge in [0.15, 0.2) is 4.80 Å². The highest BCUT2D eigenvalue weighted by molar-refractivity contribution is 7.16. The van der Waals surface area contributed by atoms with Crippen LogP contribution in [0.2, 0.25) is 5.02 Å². The number of terminal acetylenes is 1. The second kappa shape index (κ2) is 8.89. The van der Waals surface area contributed by atoms with Gasteiger partial charge in [-0.2, -0.15) is 4.99 Å². The Morgan fingerprint density at radius 1 is 1.29 bits per heavy atom. The monoisotopic (exact) mass is 456 g/mol. The highest BCUT2D eigenvalue weighted by Crippen LogP contribution is 2.30. The van der Waals surface area contributed by atoms with Crippen molar-refractivity contribution < 1.29 is 14.5 Å². The molecule has 8 nitrogen and oxygen atoms in total. The lowest BCUT2D eigenvalue weighted by atomic mass is 10.1. The van der Waals surface area contributed by atoms with Gasteiger partial charge in [-0.25, -0.2) is 0 Å². The van der Waals surface area contributed by atoms with Gasteiger partial charge in [0.25, 0.3) is 11.6 Å². The Morgan fingerprint density at radius 3 is 2.77 bits per heavy atom. The molecule has 0 N–H and O–H groups in total. The van der Waals surface area contributed by atoms with E-state index in [0.29, 0.717) is 41.8 Å². The van der Waals surface area contributed by atoms with Crippen molar-refractivity contribution in [1.82, 2.24) is 4.57 Å². The molecule has 1 aromatic heterocycles. The summed E-state index contributed by atoms with van der Waals surface area (Å²) in [5, 5.41) is 12.2. The molecule has 0 aliphatic carbocycles. The van der Waals surface area contributed by atoms with E-state index >= 15 is 0 Å². The molecule has 1 amide bonds. The lowest BCUT2D eigenvalue weighted by Crippen LogP contribution is -2.36. The smallest absolute Gasteiger partial charge is 0.293 e. The van der Waals surface area contributed by atoms with Gasteiger partial charge in [-0.1, -0.05) is 28.9 Å². The van der Waals surface area contributed by atoms with E-state index in [0.717, 1.165) is 10.2 Å². The third kappa shape index (κ3) is 4.32. The van der Waals surface area contributed by atoms with Gasteiger partial charge in [0.2, 0.25) is 0 Å². The van der Waals surface area contributed by atoms with Crippen molar-refractivity contribution in [1.29, 1.82) is 0 Å². The molecule has 0 saturated carbocycles. The van der Waals surface area contributed by atoms with Crippen LogP contribution in [-0.2, 0) is 11.3 Å². The van der Waals surface area contributed by atoms with Crippen molar-refractivity contribution in [3.63, 3.8) is 0 Å². The minimum absolute atomic E-state index is 0.131. The average molecular weight is 457 g/mol. The second-order valence-corrected chi connectivity index (χ2v) is 8.21. The number of morpholine rings is 1. The standard InChI is InChI=1S/C21H17ClN4O4S/c1-2-7-25-17-6-4-15(22)13-19(17)31-21(25)23-20(27)14-3-5-16(18(12-14)26(28)29)24-8-10-30-11-9-24/h1,3-6,12-13H,7-11H2. The minimum Gasteiger partial charge on any atom is -0.378 e. The first-order chi connectivity index (χ1) is 15.0. The van der Waals surface area contributed by atoms with Gasteiger partial charge >= 0.3 is 0 Å². The molecule has 2 heterocycles. The van der Waals surface area contributed by atoms with Crippen molar-refractivity contribution in [2.75, 3.05) is 31.2 Å². The van der Waals surface area contributed by atoms with Gasteiger partial charge in [0, 0.05) is 29.7 Å². The number of hydrogen-bond donors (Lipinski definition) is 0. The quantitative estimate of drug-likeness (QED) is 0.340. The number of amides is 1. The summed E-state index contributed by atoms with van der Waals surface area (Å²) in [6.07, 6.45) is 5.48. The van der Waals surface area contributed by atoms with Crippen LogP contribution in [0.15, 0.2) is 41.4 Å². The van der Waals surface area contributed by atoms with Gasteiger partial charge in [-0.15, -0.1) is 6.42 Å². The summed E-state index contributed by atoms with van der Waals surface area (Å²) < 4.78 is 7.89. The fraction of sp³-hybridized carbons (Fsp3) is 0.238. The van der Waals surface area contributed by atoms with Crippen molar-refractivity contribution >= 4 is 50.4 Å². The zero-order chi connectivity index (χ0) is 22.0. The molecule has 1 saturated heterocycles. The van der Waals surface area contributed by atoms with Gasteiger partial charge in [-0.3, -0.25) is 14.9 Å². The molecule has 0 bridgehead atoms. The Bertz CT molecular complexity index is 1280. The summed E-state index contributed by atoms with van der Waals surface area (Å²) in [5.41, 5.74) is 1.27. The number of anilines is 1. The molecule has 1 aliphatic heterocycles. The summed E-state index contributed by atoms with van der Waals surface area (Å²) in [7, 11) is 0. The van der Waals surface area contributed by atoms with Crippen LogP contribution < -0.4 is 9.70 Å². The zero-order valence-corrected chi connectivity index (χ0v) is 17.9. The van der Waals surface area contributed by atoms with E-state index in [-0.39, 0.29) is 17.8 Å². The number of nitro benzene ring substituents is 1. The molecule has 0 radical (unpaired) electrons. The minimum atomic E-state index is -0.583. The van der Waals surface area contributed by atoms with E-state index in [1.54, 1.807) is 28.8 Å². The van der Waals surface area contributed by atoms with Gasteiger partial charge in [-0.05, 0) is 30.3 Å². The molecule has 1 aliphatic rings. The Balaban J connectivity index is 1.75. The Hall–Kier alpha value is -3.19. The Kier molecular flexibility index (Phi) is 6.04. The van der Waals surface area contributed by atoms with Crippen LogP contribution in [0.25, 0.3) is 10.2 Å². The maximum atomic E-state index is 12.9. The van der Waals surface area contributed by atoms with E-state index in [2.05, 4.69) is 10.9 Å². The number of aromatic nitrogens is 1. The third-order valence-corrected chi connectivity index (χ3v) is 6.14. The van der Waals surface area contributed by atoms with Crippen molar-refractivity contribution in [2.45, 2.75) is 6.54 Å². The molecule has 0 unspecified atom stereocenters. The Labute approximate surface area is 186 Å². The van der Waals surface area contributed by atoms with Crippen LogP contribution in [0.5, 0.6) is 0 Å². The van der Waals surface area contributed by atoms with E-state index in [4.69, 9.17) is 22.8 Å². The Morgan fingerprint density at radius 2 is 2.06 bits per heavy atom. The number of ether oxygens (including phenoxy) is 1. The maximum absolute atomic E-state index is 12.9. The number of fused-ring (bicyclic) bond motifs is 1. The normalized spacial score (nSPS) is 14.6. The van der Waals surface area contributed by atoms with Gasteiger partial charge in [0.05, 0.1) is 34.9 Å². The molecule has 158 valence electrons. The fourth-order valence-corrected chi connectivity index (χ4v) is 4.71. The number of nitrogens with zero attached hydrogens (tertiary/aromatic N) is 4. The maximum Gasteiger partial charge on any atom is 0.293 e. The highest BCUT2D eigenvalue weighted by Gasteiger charge is 2.23. The summed E-state index contributed by atoms with van der Waals surface area (Å²) in [6.45, 7) is 2.32.